The fourth-order valence-corrected chi connectivity index (χ4v) is 2.22. The van der Waals surface area contributed by atoms with Gasteiger partial charge in [0, 0.05) is 17.2 Å². The van der Waals surface area contributed by atoms with Crippen molar-refractivity contribution in [3.63, 3.8) is 0 Å². The van der Waals surface area contributed by atoms with E-state index >= 15 is 0 Å². The highest BCUT2D eigenvalue weighted by Crippen LogP contribution is 2.29. The molecule has 3 aromatic rings. The van der Waals surface area contributed by atoms with Crippen LogP contribution in [0.25, 0.3) is 11.3 Å². The van der Waals surface area contributed by atoms with Crippen molar-refractivity contribution in [2.45, 2.75) is 0 Å². The lowest BCUT2D eigenvalue weighted by Gasteiger charge is -2.14. The minimum atomic E-state index is -0.911. The molecule has 1 N–H and O–H groups in total. The van der Waals surface area contributed by atoms with Crippen molar-refractivity contribution >= 4 is 11.3 Å². The van der Waals surface area contributed by atoms with Crippen molar-refractivity contribution in [2.75, 3.05) is 6.61 Å². The van der Waals surface area contributed by atoms with Crippen LogP contribution in [-0.4, -0.2) is 36.4 Å². The maximum atomic E-state index is 14.2. The standard InChI is InChI=1S/C15H10F3N5O/c16-9-1-2-10(12(17)3-9)11(5-24)15(23-8-20-7-22-23)14-13(18)4-19-6-21-14/h1-4,6-8,24H,5H2/b15-11+. The molecule has 6 nitrogen and oxygen atoms in total. The summed E-state index contributed by atoms with van der Waals surface area (Å²) < 4.78 is 42.6. The molecule has 2 aromatic heterocycles. The molecule has 1 aromatic carbocycles. The fraction of sp³-hybridized carbons (Fsp3) is 0.0667. The first-order chi connectivity index (χ1) is 11.6. The smallest absolute Gasteiger partial charge is 0.169 e. The van der Waals surface area contributed by atoms with Gasteiger partial charge in [-0.15, -0.1) is 0 Å². The number of benzene rings is 1. The lowest BCUT2D eigenvalue weighted by Crippen LogP contribution is -2.10. The monoisotopic (exact) mass is 333 g/mol. The van der Waals surface area contributed by atoms with E-state index in [1.54, 1.807) is 0 Å². The van der Waals surface area contributed by atoms with E-state index in [2.05, 4.69) is 20.1 Å². The van der Waals surface area contributed by atoms with Gasteiger partial charge in [-0.1, -0.05) is 0 Å². The Morgan fingerprint density at radius 2 is 1.92 bits per heavy atom. The first kappa shape index (κ1) is 15.8. The second kappa shape index (κ2) is 6.59. The maximum Gasteiger partial charge on any atom is 0.169 e. The van der Waals surface area contributed by atoms with Crippen molar-refractivity contribution in [2.24, 2.45) is 0 Å². The molecule has 0 aliphatic rings. The van der Waals surface area contributed by atoms with E-state index in [-0.39, 0.29) is 22.5 Å². The molecule has 0 saturated heterocycles. The third-order valence-corrected chi connectivity index (χ3v) is 3.24. The second-order valence-electron chi connectivity index (χ2n) is 4.67. The van der Waals surface area contributed by atoms with Gasteiger partial charge in [-0.05, 0) is 12.1 Å². The number of rotatable bonds is 4. The molecule has 3 rings (SSSR count). The molecular formula is C15H10F3N5O. The Morgan fingerprint density at radius 3 is 2.54 bits per heavy atom. The van der Waals surface area contributed by atoms with Crippen LogP contribution in [0.15, 0.2) is 43.4 Å². The number of hydrogen-bond acceptors (Lipinski definition) is 5. The molecule has 0 amide bonds. The molecule has 0 bridgehead atoms. The Labute approximate surface area is 134 Å². The average Bonchev–Trinajstić information content (AvgIpc) is 3.08. The topological polar surface area (TPSA) is 76.7 Å². The van der Waals surface area contributed by atoms with Crippen LogP contribution in [-0.2, 0) is 0 Å². The van der Waals surface area contributed by atoms with Crippen LogP contribution in [0.4, 0.5) is 13.2 Å². The highest BCUT2D eigenvalue weighted by Gasteiger charge is 2.21. The van der Waals surface area contributed by atoms with Crippen molar-refractivity contribution in [3.8, 4) is 0 Å². The zero-order chi connectivity index (χ0) is 17.1. The van der Waals surface area contributed by atoms with Gasteiger partial charge in [0.2, 0.25) is 0 Å². The van der Waals surface area contributed by atoms with Gasteiger partial charge in [-0.2, -0.15) is 5.10 Å². The average molecular weight is 333 g/mol. The van der Waals surface area contributed by atoms with Gasteiger partial charge in [0.15, 0.2) is 5.82 Å². The molecule has 2 heterocycles. The molecule has 122 valence electrons. The van der Waals surface area contributed by atoms with Crippen LogP contribution in [0, 0.1) is 17.5 Å². The number of hydrogen-bond donors (Lipinski definition) is 1. The quantitative estimate of drug-likeness (QED) is 0.789. The van der Waals surface area contributed by atoms with E-state index in [9.17, 15) is 18.3 Å². The predicted molar refractivity (Wildman–Crippen MR) is 77.7 cm³/mol. The van der Waals surface area contributed by atoms with Gasteiger partial charge in [-0.25, -0.2) is 32.8 Å². The zero-order valence-electron chi connectivity index (χ0n) is 12.1. The number of aromatic nitrogens is 5. The number of halogens is 3. The van der Waals surface area contributed by atoms with Crippen LogP contribution in [0.3, 0.4) is 0 Å². The summed E-state index contributed by atoms with van der Waals surface area (Å²) in [5.74, 6) is -2.48. The number of nitrogens with zero attached hydrogens (tertiary/aromatic N) is 5. The van der Waals surface area contributed by atoms with Crippen LogP contribution in [0.1, 0.15) is 11.3 Å². The van der Waals surface area contributed by atoms with Crippen LogP contribution < -0.4 is 0 Å². The molecule has 0 radical (unpaired) electrons. The Balaban J connectivity index is 2.33. The fourth-order valence-electron chi connectivity index (χ4n) is 2.22. The van der Waals surface area contributed by atoms with Crippen LogP contribution in [0.2, 0.25) is 0 Å². The van der Waals surface area contributed by atoms with E-state index in [0.29, 0.717) is 6.07 Å². The molecule has 24 heavy (non-hydrogen) atoms. The summed E-state index contributed by atoms with van der Waals surface area (Å²) in [5.41, 5.74) is -0.373. The number of aliphatic hydroxyl groups is 1. The lowest BCUT2D eigenvalue weighted by molar-refractivity contribution is 0.349. The van der Waals surface area contributed by atoms with Crippen LogP contribution >= 0.6 is 0 Å². The maximum absolute atomic E-state index is 14.2. The van der Waals surface area contributed by atoms with E-state index in [4.69, 9.17) is 0 Å². The van der Waals surface area contributed by atoms with Gasteiger partial charge in [0.25, 0.3) is 0 Å². The largest absolute Gasteiger partial charge is 0.392 e. The summed E-state index contributed by atoms with van der Waals surface area (Å²) in [6.45, 7) is -0.665. The summed E-state index contributed by atoms with van der Waals surface area (Å²) in [7, 11) is 0. The summed E-state index contributed by atoms with van der Waals surface area (Å²) >= 11 is 0. The van der Waals surface area contributed by atoms with Crippen molar-refractivity contribution in [1.29, 1.82) is 0 Å². The first-order valence-corrected chi connectivity index (χ1v) is 6.72. The van der Waals surface area contributed by atoms with Crippen molar-refractivity contribution in [1.82, 2.24) is 24.7 Å². The Morgan fingerprint density at radius 1 is 1.08 bits per heavy atom. The SMILES string of the molecule is OC/C(=C(/c1ncncc1F)n1cncn1)c1ccc(F)cc1F. The molecular weight excluding hydrogens is 323 g/mol. The van der Waals surface area contributed by atoms with Gasteiger partial charge in [0.1, 0.15) is 42.0 Å². The Bertz CT molecular complexity index is 896. The van der Waals surface area contributed by atoms with Crippen molar-refractivity contribution < 1.29 is 18.3 Å². The molecule has 0 fully saturated rings. The summed E-state index contributed by atoms with van der Waals surface area (Å²) in [6.07, 6.45) is 4.46. The van der Waals surface area contributed by atoms with Gasteiger partial charge in [-0.3, -0.25) is 0 Å². The third kappa shape index (κ3) is 2.88. The molecule has 0 aliphatic carbocycles. The normalized spacial score (nSPS) is 12.2. The number of aliphatic hydroxyl groups excluding tert-OH is 1. The Kier molecular flexibility index (Phi) is 4.34. The van der Waals surface area contributed by atoms with Crippen LogP contribution in [0.5, 0.6) is 0 Å². The summed E-state index contributed by atoms with van der Waals surface area (Å²) in [4.78, 5) is 11.2. The zero-order valence-corrected chi connectivity index (χ0v) is 12.1. The summed E-state index contributed by atoms with van der Waals surface area (Å²) in [6, 6.07) is 2.84. The molecule has 0 saturated carbocycles. The third-order valence-electron chi connectivity index (χ3n) is 3.24. The van der Waals surface area contributed by atoms with E-state index in [1.165, 1.54) is 12.7 Å². The van der Waals surface area contributed by atoms with Gasteiger partial charge < -0.3 is 5.11 Å². The minimum Gasteiger partial charge on any atom is -0.392 e. The molecule has 0 aliphatic heterocycles. The molecule has 0 spiro atoms. The van der Waals surface area contributed by atoms with E-state index in [1.807, 2.05) is 0 Å². The Hall–Kier alpha value is -3.07. The molecule has 9 heteroatoms. The lowest BCUT2D eigenvalue weighted by atomic mass is 10.0. The minimum absolute atomic E-state index is 0.0274. The highest BCUT2D eigenvalue weighted by molar-refractivity contribution is 5.90. The summed E-state index contributed by atoms with van der Waals surface area (Å²) in [5, 5.41) is 13.6. The van der Waals surface area contributed by atoms with E-state index < -0.39 is 24.1 Å². The molecule has 0 unspecified atom stereocenters. The second-order valence-corrected chi connectivity index (χ2v) is 4.67. The highest BCUT2D eigenvalue weighted by atomic mass is 19.1. The molecule has 0 atom stereocenters. The van der Waals surface area contributed by atoms with Crippen molar-refractivity contribution in [3.05, 3.63) is 72.1 Å². The van der Waals surface area contributed by atoms with Gasteiger partial charge in [0.05, 0.1) is 12.8 Å². The van der Waals surface area contributed by atoms with Gasteiger partial charge >= 0.3 is 0 Å². The van der Waals surface area contributed by atoms with E-state index in [0.717, 1.165) is 29.3 Å². The first-order valence-electron chi connectivity index (χ1n) is 6.72. The predicted octanol–water partition coefficient (Wildman–Crippen LogP) is 1.89.